The zero-order valence-corrected chi connectivity index (χ0v) is 13.1. The number of imide groups is 1. The number of aromatic nitrogens is 1. The van der Waals surface area contributed by atoms with E-state index >= 15 is 0 Å². The third-order valence-corrected chi connectivity index (χ3v) is 3.64. The monoisotopic (exact) mass is 360 g/mol. The Morgan fingerprint density at radius 2 is 1.62 bits per heavy atom. The van der Waals surface area contributed by atoms with Crippen LogP contribution in [0.3, 0.4) is 0 Å². The molecule has 6 nitrogen and oxygen atoms in total. The Kier molecular flexibility index (Phi) is 4.37. The van der Waals surface area contributed by atoms with Crippen LogP contribution in [0.4, 0.5) is 13.2 Å². The fourth-order valence-electron chi connectivity index (χ4n) is 2.48. The number of hydrogen-bond acceptors (Lipinski definition) is 5. The van der Waals surface area contributed by atoms with E-state index in [0.717, 1.165) is 24.6 Å². The minimum Gasteiger partial charge on any atom is -0.287 e. The zero-order chi connectivity index (χ0) is 18.8. The summed E-state index contributed by atoms with van der Waals surface area (Å²) in [5.74, 6) is -1.97. The molecule has 0 bridgehead atoms. The molecule has 3 rings (SSSR count). The highest BCUT2D eigenvalue weighted by molar-refractivity contribution is 6.20. The highest BCUT2D eigenvalue weighted by atomic mass is 19.4. The van der Waals surface area contributed by atoms with Gasteiger partial charge in [-0.1, -0.05) is 24.3 Å². The number of carbonyl (C=O) groups is 2. The zero-order valence-electron chi connectivity index (χ0n) is 13.1. The van der Waals surface area contributed by atoms with Gasteiger partial charge in [-0.15, -0.1) is 0 Å². The van der Waals surface area contributed by atoms with Crippen molar-refractivity contribution >= 4 is 24.2 Å². The van der Waals surface area contributed by atoms with Gasteiger partial charge in [-0.05, 0) is 18.2 Å². The van der Waals surface area contributed by atoms with Crippen LogP contribution in [0.2, 0.25) is 0 Å². The molecule has 1 N–H and O–H groups in total. The van der Waals surface area contributed by atoms with Crippen molar-refractivity contribution in [1.29, 1.82) is 0 Å². The lowest BCUT2D eigenvalue weighted by atomic mass is 9.94. The van der Waals surface area contributed by atoms with Crippen LogP contribution in [0, 0.1) is 0 Å². The van der Waals surface area contributed by atoms with Gasteiger partial charge in [-0.25, -0.2) is 9.98 Å². The topological polar surface area (TPSA) is 83.8 Å². The fourth-order valence-corrected chi connectivity index (χ4v) is 2.48. The molecule has 0 saturated heterocycles. The van der Waals surface area contributed by atoms with Crippen molar-refractivity contribution in [2.75, 3.05) is 0 Å². The lowest BCUT2D eigenvalue weighted by molar-refractivity contribution is -0.139. The van der Waals surface area contributed by atoms with Gasteiger partial charge in [0.05, 0.1) is 5.56 Å². The van der Waals surface area contributed by atoms with E-state index in [4.69, 9.17) is 0 Å². The second-order valence-electron chi connectivity index (χ2n) is 5.27. The van der Waals surface area contributed by atoms with Crippen molar-refractivity contribution in [2.45, 2.75) is 11.8 Å². The Morgan fingerprint density at radius 3 is 2.23 bits per heavy atom. The number of nitrogens with one attached hydrogen (secondary N) is 1. The summed E-state index contributed by atoms with van der Waals surface area (Å²) in [5, 5.41) is 2.02. The molecular formula is C17H11F3N4O2. The lowest BCUT2D eigenvalue weighted by Gasteiger charge is -2.25. The maximum Gasteiger partial charge on any atom is 0.416 e. The van der Waals surface area contributed by atoms with E-state index in [0.29, 0.717) is 0 Å². The summed E-state index contributed by atoms with van der Waals surface area (Å²) in [6, 6.07) is 8.93. The molecular weight excluding hydrogens is 349 g/mol. The first-order valence-corrected chi connectivity index (χ1v) is 7.37. The van der Waals surface area contributed by atoms with Crippen LogP contribution in [0.15, 0.2) is 58.6 Å². The SMILES string of the molecule is O=C(NC(=O)C1(c2ccccc2C(F)(F)F)N=CC=N1)c1ccccn1. The normalized spacial score (nSPS) is 15.0. The summed E-state index contributed by atoms with van der Waals surface area (Å²) in [7, 11) is 0. The molecule has 1 aromatic heterocycles. The van der Waals surface area contributed by atoms with E-state index < -0.39 is 34.8 Å². The van der Waals surface area contributed by atoms with Crippen molar-refractivity contribution in [3.05, 3.63) is 65.5 Å². The number of halogens is 3. The molecule has 0 atom stereocenters. The predicted octanol–water partition coefficient (Wildman–Crippen LogP) is 2.37. The quantitative estimate of drug-likeness (QED) is 0.853. The van der Waals surface area contributed by atoms with Crippen LogP contribution < -0.4 is 5.32 Å². The molecule has 2 amide bonds. The van der Waals surface area contributed by atoms with Crippen LogP contribution in [0.5, 0.6) is 0 Å². The van der Waals surface area contributed by atoms with Gasteiger partial charge in [0.15, 0.2) is 0 Å². The maximum absolute atomic E-state index is 13.4. The Labute approximate surface area is 145 Å². The van der Waals surface area contributed by atoms with E-state index in [-0.39, 0.29) is 5.69 Å². The number of amides is 2. The van der Waals surface area contributed by atoms with Gasteiger partial charge in [-0.2, -0.15) is 13.2 Å². The molecule has 1 aromatic carbocycles. The number of carbonyl (C=O) groups excluding carboxylic acids is 2. The van der Waals surface area contributed by atoms with Gasteiger partial charge >= 0.3 is 6.18 Å². The second kappa shape index (κ2) is 6.51. The highest BCUT2D eigenvalue weighted by Crippen LogP contribution is 2.40. The fraction of sp³-hybridized carbons (Fsp3) is 0.118. The van der Waals surface area contributed by atoms with E-state index in [1.165, 1.54) is 30.5 Å². The first-order valence-electron chi connectivity index (χ1n) is 7.37. The van der Waals surface area contributed by atoms with Gasteiger partial charge in [0.1, 0.15) is 5.69 Å². The lowest BCUT2D eigenvalue weighted by Crippen LogP contribution is -2.45. The molecule has 0 unspecified atom stereocenters. The smallest absolute Gasteiger partial charge is 0.287 e. The summed E-state index contributed by atoms with van der Waals surface area (Å²) in [6.07, 6.45) is -1.15. The third kappa shape index (κ3) is 3.10. The molecule has 0 fully saturated rings. The molecule has 0 saturated carbocycles. The second-order valence-corrected chi connectivity index (χ2v) is 5.27. The van der Waals surface area contributed by atoms with Gasteiger partial charge < -0.3 is 0 Å². The Hall–Kier alpha value is -3.36. The van der Waals surface area contributed by atoms with E-state index in [1.807, 2.05) is 5.32 Å². The Bertz CT molecular complexity index is 896. The number of aliphatic imine (C=N–C) groups is 2. The number of rotatable bonds is 3. The summed E-state index contributed by atoms with van der Waals surface area (Å²) in [4.78, 5) is 36.3. The Morgan fingerprint density at radius 1 is 0.962 bits per heavy atom. The van der Waals surface area contributed by atoms with Gasteiger partial charge in [-0.3, -0.25) is 19.9 Å². The van der Waals surface area contributed by atoms with Gasteiger partial charge in [0, 0.05) is 24.2 Å². The van der Waals surface area contributed by atoms with Crippen molar-refractivity contribution in [2.24, 2.45) is 9.98 Å². The van der Waals surface area contributed by atoms with Crippen molar-refractivity contribution in [3.63, 3.8) is 0 Å². The first kappa shape index (κ1) is 17.5. The maximum atomic E-state index is 13.4. The van der Waals surface area contributed by atoms with E-state index in [1.54, 1.807) is 6.07 Å². The van der Waals surface area contributed by atoms with E-state index in [9.17, 15) is 22.8 Å². The molecule has 1 aliphatic rings. The number of alkyl halides is 3. The molecule has 132 valence electrons. The molecule has 1 aliphatic heterocycles. The predicted molar refractivity (Wildman–Crippen MR) is 86.8 cm³/mol. The van der Waals surface area contributed by atoms with Crippen molar-refractivity contribution in [3.8, 4) is 0 Å². The molecule has 26 heavy (non-hydrogen) atoms. The first-order chi connectivity index (χ1) is 12.3. The van der Waals surface area contributed by atoms with Crippen LogP contribution in [-0.4, -0.2) is 29.2 Å². The molecule has 2 aromatic rings. The van der Waals surface area contributed by atoms with Gasteiger partial charge in [0.25, 0.3) is 17.5 Å². The molecule has 0 radical (unpaired) electrons. The van der Waals surface area contributed by atoms with Crippen LogP contribution >= 0.6 is 0 Å². The third-order valence-electron chi connectivity index (χ3n) is 3.64. The summed E-state index contributed by atoms with van der Waals surface area (Å²) in [5.41, 5.74) is -3.82. The summed E-state index contributed by atoms with van der Waals surface area (Å²) >= 11 is 0. The molecule has 0 aliphatic carbocycles. The standard InChI is InChI=1S/C17H11F3N4O2/c18-17(19,20)12-6-2-1-5-11(12)16(22-9-10-23-16)15(26)24-14(25)13-7-3-4-8-21-13/h1-10H,(H,24,25,26). The number of nitrogens with zero attached hydrogens (tertiary/aromatic N) is 3. The highest BCUT2D eigenvalue weighted by Gasteiger charge is 2.47. The van der Waals surface area contributed by atoms with Crippen LogP contribution in [0.25, 0.3) is 0 Å². The Balaban J connectivity index is 2.00. The van der Waals surface area contributed by atoms with Crippen molar-refractivity contribution in [1.82, 2.24) is 10.3 Å². The summed E-state index contributed by atoms with van der Waals surface area (Å²) < 4.78 is 40.1. The number of benzene rings is 1. The molecule has 0 spiro atoms. The summed E-state index contributed by atoms with van der Waals surface area (Å²) in [6.45, 7) is 0. The number of hydrogen-bond donors (Lipinski definition) is 1. The molecule has 9 heteroatoms. The van der Waals surface area contributed by atoms with E-state index in [2.05, 4.69) is 15.0 Å². The molecule has 2 heterocycles. The van der Waals surface area contributed by atoms with Crippen LogP contribution in [0.1, 0.15) is 21.6 Å². The number of pyridine rings is 1. The average Bonchev–Trinajstić information content (AvgIpc) is 3.13. The van der Waals surface area contributed by atoms with Crippen LogP contribution in [-0.2, 0) is 16.6 Å². The van der Waals surface area contributed by atoms with Crippen molar-refractivity contribution < 1.29 is 22.8 Å². The minimum absolute atomic E-state index is 0.0638. The van der Waals surface area contributed by atoms with Gasteiger partial charge in [0.2, 0.25) is 0 Å². The average molecular weight is 360 g/mol. The largest absolute Gasteiger partial charge is 0.416 e. The minimum atomic E-state index is -4.72.